The monoisotopic (exact) mass is 263 g/mol. The third-order valence-electron chi connectivity index (χ3n) is 2.09. The van der Waals surface area contributed by atoms with E-state index in [1.807, 2.05) is 26.1 Å². The van der Waals surface area contributed by atoms with E-state index in [1.165, 1.54) is 0 Å². The van der Waals surface area contributed by atoms with Gasteiger partial charge in [0.15, 0.2) is 0 Å². The molecular weight excluding hydrogens is 252 g/mol. The van der Waals surface area contributed by atoms with E-state index in [-0.39, 0.29) is 6.04 Å². The summed E-state index contributed by atoms with van der Waals surface area (Å²) >= 11 is 17.9. The van der Waals surface area contributed by atoms with E-state index in [2.05, 4.69) is 5.32 Å². The van der Waals surface area contributed by atoms with Crippen LogP contribution in [0.1, 0.15) is 12.5 Å². The first-order valence-electron chi connectivity index (χ1n) is 4.55. The molecule has 0 saturated heterocycles. The molecule has 0 bridgehead atoms. The maximum Gasteiger partial charge on any atom is 0.0679 e. The van der Waals surface area contributed by atoms with Crippen molar-refractivity contribution >= 4 is 40.9 Å². The van der Waals surface area contributed by atoms with E-state index in [4.69, 9.17) is 34.8 Å². The van der Waals surface area contributed by atoms with E-state index in [1.54, 1.807) is 12.1 Å². The molecule has 82 valence electrons. The number of nitrogens with one attached hydrogen (secondary N) is 1. The summed E-state index contributed by atoms with van der Waals surface area (Å²) in [5.74, 6) is 0. The minimum absolute atomic E-state index is 0.260. The van der Waals surface area contributed by atoms with Crippen LogP contribution in [0.5, 0.6) is 0 Å². The van der Waals surface area contributed by atoms with Gasteiger partial charge >= 0.3 is 0 Å². The Morgan fingerprint density at radius 2 is 1.80 bits per heavy atom. The summed E-state index contributed by atoms with van der Waals surface area (Å²) in [6.45, 7) is 2.03. The van der Waals surface area contributed by atoms with E-state index in [0.717, 1.165) is 5.56 Å². The lowest BCUT2D eigenvalue weighted by Gasteiger charge is -2.06. The molecule has 15 heavy (non-hydrogen) atoms. The summed E-state index contributed by atoms with van der Waals surface area (Å²) in [4.78, 5) is 0. The van der Waals surface area contributed by atoms with Crippen LogP contribution in [-0.4, -0.2) is 13.1 Å². The normalized spacial score (nSPS) is 13.4. The molecule has 1 unspecified atom stereocenters. The van der Waals surface area contributed by atoms with Crippen LogP contribution in [-0.2, 0) is 0 Å². The van der Waals surface area contributed by atoms with Crippen LogP contribution in [0.3, 0.4) is 0 Å². The number of benzene rings is 1. The molecule has 0 radical (unpaired) electrons. The molecule has 4 heteroatoms. The molecule has 0 aliphatic heterocycles. The molecule has 1 aromatic carbocycles. The smallest absolute Gasteiger partial charge is 0.0679 e. The van der Waals surface area contributed by atoms with Crippen molar-refractivity contribution in [2.75, 3.05) is 7.05 Å². The van der Waals surface area contributed by atoms with Gasteiger partial charge in [0.25, 0.3) is 0 Å². The molecule has 1 nitrogen and oxygen atoms in total. The van der Waals surface area contributed by atoms with Crippen LogP contribution < -0.4 is 5.32 Å². The van der Waals surface area contributed by atoms with Gasteiger partial charge in [-0.05, 0) is 26.1 Å². The van der Waals surface area contributed by atoms with Crippen molar-refractivity contribution in [3.05, 3.63) is 38.8 Å². The molecule has 0 amide bonds. The summed E-state index contributed by atoms with van der Waals surface area (Å²) in [5, 5.41) is 4.69. The van der Waals surface area contributed by atoms with Gasteiger partial charge in [0, 0.05) is 16.6 Å². The molecular formula is C11H12Cl3N. The van der Waals surface area contributed by atoms with E-state index in [0.29, 0.717) is 15.1 Å². The molecule has 0 fully saturated rings. The zero-order valence-electron chi connectivity index (χ0n) is 8.52. The van der Waals surface area contributed by atoms with Crippen molar-refractivity contribution in [3.63, 3.8) is 0 Å². The second kappa shape index (κ2) is 5.76. The Morgan fingerprint density at radius 3 is 2.40 bits per heavy atom. The average molecular weight is 265 g/mol. The lowest BCUT2D eigenvalue weighted by Crippen LogP contribution is -2.17. The highest BCUT2D eigenvalue weighted by Gasteiger charge is 2.06. The predicted molar refractivity (Wildman–Crippen MR) is 69.0 cm³/mol. The van der Waals surface area contributed by atoms with Crippen molar-refractivity contribution in [3.8, 4) is 0 Å². The molecule has 0 aliphatic carbocycles. The number of halogens is 3. The summed E-state index contributed by atoms with van der Waals surface area (Å²) in [5.41, 5.74) is 0.757. The van der Waals surface area contributed by atoms with E-state index >= 15 is 0 Å². The fraction of sp³-hybridized carbons (Fsp3) is 0.273. The largest absolute Gasteiger partial charge is 0.314 e. The standard InChI is InChI=1S/C11H12Cl3N/c1-7(15-2)3-4-8-9(12)5-6-10(13)11(8)14/h3-7,15H,1-2H3/b4-3+. The van der Waals surface area contributed by atoms with Crippen LogP contribution in [0.4, 0.5) is 0 Å². The van der Waals surface area contributed by atoms with Crippen molar-refractivity contribution in [2.45, 2.75) is 13.0 Å². The van der Waals surface area contributed by atoms with Gasteiger partial charge in [0.05, 0.1) is 10.0 Å². The Morgan fingerprint density at radius 1 is 1.20 bits per heavy atom. The Kier molecular flexibility index (Phi) is 4.94. The molecule has 0 spiro atoms. The minimum atomic E-state index is 0.260. The Balaban J connectivity index is 3.03. The van der Waals surface area contributed by atoms with Crippen molar-refractivity contribution in [1.82, 2.24) is 5.32 Å². The van der Waals surface area contributed by atoms with Gasteiger partial charge in [0.2, 0.25) is 0 Å². The molecule has 0 heterocycles. The highest BCUT2D eigenvalue weighted by Crippen LogP contribution is 2.32. The Hall–Kier alpha value is -0.210. The zero-order valence-corrected chi connectivity index (χ0v) is 10.8. The molecule has 1 N–H and O–H groups in total. The predicted octanol–water partition coefficient (Wildman–Crippen LogP) is 4.27. The Bertz CT molecular complexity index is 374. The van der Waals surface area contributed by atoms with Gasteiger partial charge in [-0.2, -0.15) is 0 Å². The maximum atomic E-state index is 6.04. The third-order valence-corrected chi connectivity index (χ3v) is 3.23. The molecule has 1 aromatic rings. The van der Waals surface area contributed by atoms with Crippen LogP contribution in [0, 0.1) is 0 Å². The average Bonchev–Trinajstić information content (AvgIpc) is 2.23. The van der Waals surface area contributed by atoms with Crippen molar-refractivity contribution < 1.29 is 0 Å². The van der Waals surface area contributed by atoms with Crippen LogP contribution in [0.15, 0.2) is 18.2 Å². The highest BCUT2D eigenvalue weighted by molar-refractivity contribution is 6.44. The number of likely N-dealkylation sites (N-methyl/N-ethyl adjacent to an activating group) is 1. The lowest BCUT2D eigenvalue weighted by molar-refractivity contribution is 0.731. The third kappa shape index (κ3) is 3.39. The van der Waals surface area contributed by atoms with Crippen LogP contribution in [0.2, 0.25) is 15.1 Å². The molecule has 0 aliphatic rings. The fourth-order valence-electron chi connectivity index (χ4n) is 1.03. The number of rotatable bonds is 3. The molecule has 0 aromatic heterocycles. The van der Waals surface area contributed by atoms with Gasteiger partial charge < -0.3 is 5.32 Å². The maximum absolute atomic E-state index is 6.04. The molecule has 0 saturated carbocycles. The second-order valence-corrected chi connectivity index (χ2v) is 4.39. The first-order valence-corrected chi connectivity index (χ1v) is 5.68. The zero-order chi connectivity index (χ0) is 11.4. The first kappa shape index (κ1) is 12.9. The van der Waals surface area contributed by atoms with Gasteiger partial charge in [0.1, 0.15) is 0 Å². The van der Waals surface area contributed by atoms with Crippen molar-refractivity contribution in [1.29, 1.82) is 0 Å². The van der Waals surface area contributed by atoms with Crippen LogP contribution >= 0.6 is 34.8 Å². The van der Waals surface area contributed by atoms with Gasteiger partial charge in [-0.15, -0.1) is 0 Å². The summed E-state index contributed by atoms with van der Waals surface area (Å²) in [6, 6.07) is 3.68. The van der Waals surface area contributed by atoms with Crippen LogP contribution in [0.25, 0.3) is 6.08 Å². The molecule has 1 atom stereocenters. The fourth-order valence-corrected chi connectivity index (χ4v) is 1.69. The van der Waals surface area contributed by atoms with Gasteiger partial charge in [-0.3, -0.25) is 0 Å². The lowest BCUT2D eigenvalue weighted by atomic mass is 10.2. The molecule has 1 rings (SSSR count). The van der Waals surface area contributed by atoms with Crippen molar-refractivity contribution in [2.24, 2.45) is 0 Å². The topological polar surface area (TPSA) is 12.0 Å². The Labute approximate surface area is 105 Å². The highest BCUT2D eigenvalue weighted by atomic mass is 35.5. The first-order chi connectivity index (χ1) is 7.06. The SMILES string of the molecule is CNC(C)/C=C/c1c(Cl)ccc(Cl)c1Cl. The summed E-state index contributed by atoms with van der Waals surface area (Å²) in [6.07, 6.45) is 3.85. The number of hydrogen-bond donors (Lipinski definition) is 1. The number of hydrogen-bond acceptors (Lipinski definition) is 1. The van der Waals surface area contributed by atoms with E-state index in [9.17, 15) is 0 Å². The minimum Gasteiger partial charge on any atom is -0.314 e. The van der Waals surface area contributed by atoms with Gasteiger partial charge in [-0.1, -0.05) is 47.0 Å². The van der Waals surface area contributed by atoms with Gasteiger partial charge in [-0.25, -0.2) is 0 Å². The summed E-state index contributed by atoms with van der Waals surface area (Å²) < 4.78 is 0. The second-order valence-electron chi connectivity index (χ2n) is 3.19. The summed E-state index contributed by atoms with van der Waals surface area (Å²) in [7, 11) is 1.89. The van der Waals surface area contributed by atoms with E-state index < -0.39 is 0 Å². The quantitative estimate of drug-likeness (QED) is 0.804.